The number of benzene rings is 1. The van der Waals surface area contributed by atoms with Gasteiger partial charge in [0.1, 0.15) is 0 Å². The molecular weight excluding hydrogens is 236 g/mol. The van der Waals surface area contributed by atoms with Crippen LogP contribution in [0, 0.1) is 5.92 Å². The molecular formula is C14H21F2NO. The molecule has 0 bridgehead atoms. The van der Waals surface area contributed by atoms with E-state index in [0.29, 0.717) is 12.5 Å². The Bertz CT molecular complexity index is 338. The minimum atomic E-state index is -2.42. The topological polar surface area (TPSA) is 32.3 Å². The molecule has 2 N–H and O–H groups in total. The van der Waals surface area contributed by atoms with E-state index in [1.165, 1.54) is 12.1 Å². The van der Waals surface area contributed by atoms with Crippen LogP contribution in [-0.2, 0) is 6.54 Å². The van der Waals surface area contributed by atoms with Gasteiger partial charge >= 0.3 is 0 Å². The van der Waals surface area contributed by atoms with E-state index in [9.17, 15) is 13.9 Å². The molecule has 1 aromatic carbocycles. The molecule has 4 heteroatoms. The first-order valence-corrected chi connectivity index (χ1v) is 6.24. The molecule has 0 aromatic heterocycles. The highest BCUT2D eigenvalue weighted by Crippen LogP contribution is 2.18. The van der Waals surface area contributed by atoms with Crippen LogP contribution in [0.15, 0.2) is 24.3 Å². The number of nitrogens with one attached hydrogen (secondary N) is 1. The first-order chi connectivity index (χ1) is 8.52. The summed E-state index contributed by atoms with van der Waals surface area (Å²) in [4.78, 5) is 0. The van der Waals surface area contributed by atoms with Crippen LogP contribution < -0.4 is 5.32 Å². The molecule has 0 aliphatic heterocycles. The lowest BCUT2D eigenvalue weighted by Crippen LogP contribution is -2.33. The fourth-order valence-electron chi connectivity index (χ4n) is 1.83. The van der Waals surface area contributed by atoms with Crippen LogP contribution in [0.4, 0.5) is 8.78 Å². The van der Waals surface area contributed by atoms with Gasteiger partial charge in [0, 0.05) is 18.2 Å². The van der Waals surface area contributed by atoms with Gasteiger partial charge in [0.2, 0.25) is 0 Å². The Morgan fingerprint density at radius 3 is 2.22 bits per heavy atom. The number of alkyl halides is 2. The molecule has 1 atom stereocenters. The number of hydrogen-bond acceptors (Lipinski definition) is 2. The maximum Gasteiger partial charge on any atom is 0.263 e. The summed E-state index contributed by atoms with van der Waals surface area (Å²) in [7, 11) is 0. The van der Waals surface area contributed by atoms with Crippen molar-refractivity contribution in [2.75, 3.05) is 6.61 Å². The van der Waals surface area contributed by atoms with Crippen molar-refractivity contribution in [1.29, 1.82) is 0 Å². The van der Waals surface area contributed by atoms with Gasteiger partial charge in [-0.3, -0.25) is 0 Å². The molecule has 0 amide bonds. The smallest absolute Gasteiger partial charge is 0.263 e. The van der Waals surface area contributed by atoms with Gasteiger partial charge in [-0.15, -0.1) is 0 Å². The van der Waals surface area contributed by atoms with E-state index in [4.69, 9.17) is 0 Å². The minimum Gasteiger partial charge on any atom is -0.395 e. The third-order valence-corrected chi connectivity index (χ3v) is 2.80. The number of halogens is 2. The molecule has 1 aromatic rings. The standard InChI is InChI=1S/C14H21F2NO/c1-10(2)7-13(9-18)17-8-11-3-5-12(6-4-11)14(15)16/h3-6,10,13-14,17-18H,7-9H2,1-2H3. The summed E-state index contributed by atoms with van der Waals surface area (Å²) < 4.78 is 24.7. The Morgan fingerprint density at radius 2 is 1.78 bits per heavy atom. The number of hydrogen-bond donors (Lipinski definition) is 2. The molecule has 0 aliphatic carbocycles. The Balaban J connectivity index is 2.47. The van der Waals surface area contributed by atoms with Gasteiger partial charge in [0.05, 0.1) is 6.61 Å². The number of rotatable bonds is 7. The second-order valence-electron chi connectivity index (χ2n) is 4.93. The van der Waals surface area contributed by atoms with Gasteiger partial charge in [0.25, 0.3) is 6.43 Å². The summed E-state index contributed by atoms with van der Waals surface area (Å²) in [6.07, 6.45) is -1.52. The number of aliphatic hydroxyl groups is 1. The Morgan fingerprint density at radius 1 is 1.17 bits per heavy atom. The zero-order valence-electron chi connectivity index (χ0n) is 10.9. The Labute approximate surface area is 107 Å². The monoisotopic (exact) mass is 257 g/mol. The van der Waals surface area contributed by atoms with E-state index < -0.39 is 6.43 Å². The van der Waals surface area contributed by atoms with Crippen LogP contribution in [0.3, 0.4) is 0 Å². The highest BCUT2D eigenvalue weighted by atomic mass is 19.3. The number of aliphatic hydroxyl groups excluding tert-OH is 1. The maximum absolute atomic E-state index is 12.4. The van der Waals surface area contributed by atoms with Crippen LogP contribution in [-0.4, -0.2) is 17.8 Å². The molecule has 0 spiro atoms. The van der Waals surface area contributed by atoms with Crippen molar-refractivity contribution in [2.24, 2.45) is 5.92 Å². The predicted octanol–water partition coefficient (Wildman–Crippen LogP) is 3.12. The summed E-state index contributed by atoms with van der Waals surface area (Å²) in [6.45, 7) is 4.87. The van der Waals surface area contributed by atoms with Crippen LogP contribution in [0.5, 0.6) is 0 Å². The maximum atomic E-state index is 12.4. The SMILES string of the molecule is CC(C)CC(CO)NCc1ccc(C(F)F)cc1. The van der Waals surface area contributed by atoms with Crippen LogP contribution in [0.1, 0.15) is 37.8 Å². The average molecular weight is 257 g/mol. The normalized spacial score (nSPS) is 13.3. The molecule has 2 nitrogen and oxygen atoms in total. The van der Waals surface area contributed by atoms with E-state index in [1.54, 1.807) is 12.1 Å². The first-order valence-electron chi connectivity index (χ1n) is 6.24. The molecule has 18 heavy (non-hydrogen) atoms. The largest absolute Gasteiger partial charge is 0.395 e. The highest BCUT2D eigenvalue weighted by Gasteiger charge is 2.09. The van der Waals surface area contributed by atoms with Crippen molar-refractivity contribution >= 4 is 0 Å². The van der Waals surface area contributed by atoms with E-state index in [2.05, 4.69) is 19.2 Å². The summed E-state index contributed by atoms with van der Waals surface area (Å²) in [5.41, 5.74) is 0.987. The van der Waals surface area contributed by atoms with Crippen molar-refractivity contribution in [3.63, 3.8) is 0 Å². The van der Waals surface area contributed by atoms with E-state index >= 15 is 0 Å². The van der Waals surface area contributed by atoms with Crippen LogP contribution >= 0.6 is 0 Å². The second kappa shape index (κ2) is 7.44. The van der Waals surface area contributed by atoms with Crippen molar-refractivity contribution < 1.29 is 13.9 Å². The Kier molecular flexibility index (Phi) is 6.22. The predicted molar refractivity (Wildman–Crippen MR) is 68.6 cm³/mol. The van der Waals surface area contributed by atoms with Gasteiger partial charge in [-0.1, -0.05) is 38.1 Å². The van der Waals surface area contributed by atoms with Crippen molar-refractivity contribution in [1.82, 2.24) is 5.32 Å². The van der Waals surface area contributed by atoms with Gasteiger partial charge in [-0.2, -0.15) is 0 Å². The third kappa shape index (κ3) is 5.10. The second-order valence-corrected chi connectivity index (χ2v) is 4.93. The Hall–Kier alpha value is -1.00. The van der Waals surface area contributed by atoms with E-state index in [-0.39, 0.29) is 18.2 Å². The molecule has 0 radical (unpaired) electrons. The van der Waals surface area contributed by atoms with E-state index in [0.717, 1.165) is 12.0 Å². The molecule has 0 aliphatic rings. The highest BCUT2D eigenvalue weighted by molar-refractivity contribution is 5.23. The fraction of sp³-hybridized carbons (Fsp3) is 0.571. The lowest BCUT2D eigenvalue weighted by Gasteiger charge is -2.18. The lowest BCUT2D eigenvalue weighted by atomic mass is 10.0. The first kappa shape index (κ1) is 15.1. The minimum absolute atomic E-state index is 0.0413. The average Bonchev–Trinajstić information content (AvgIpc) is 2.34. The molecule has 1 rings (SSSR count). The van der Waals surface area contributed by atoms with Crippen molar-refractivity contribution in [3.05, 3.63) is 35.4 Å². The quantitative estimate of drug-likeness (QED) is 0.786. The molecule has 102 valence electrons. The molecule has 0 heterocycles. The van der Waals surface area contributed by atoms with Crippen molar-refractivity contribution in [3.8, 4) is 0 Å². The summed E-state index contributed by atoms with van der Waals surface area (Å²) in [6, 6.07) is 6.33. The van der Waals surface area contributed by atoms with Gasteiger partial charge in [0.15, 0.2) is 0 Å². The van der Waals surface area contributed by atoms with Gasteiger partial charge in [-0.25, -0.2) is 8.78 Å². The summed E-state index contributed by atoms with van der Waals surface area (Å²) in [5.74, 6) is 0.510. The van der Waals surface area contributed by atoms with E-state index in [1.807, 2.05) is 0 Å². The zero-order chi connectivity index (χ0) is 13.5. The van der Waals surface area contributed by atoms with Gasteiger partial charge < -0.3 is 10.4 Å². The van der Waals surface area contributed by atoms with Crippen LogP contribution in [0.2, 0.25) is 0 Å². The summed E-state index contributed by atoms with van der Waals surface area (Å²) >= 11 is 0. The third-order valence-electron chi connectivity index (χ3n) is 2.80. The fourth-order valence-corrected chi connectivity index (χ4v) is 1.83. The summed E-state index contributed by atoms with van der Waals surface area (Å²) in [5, 5.41) is 12.4. The molecule has 1 unspecified atom stereocenters. The van der Waals surface area contributed by atoms with Gasteiger partial charge in [-0.05, 0) is 17.9 Å². The zero-order valence-corrected chi connectivity index (χ0v) is 10.9. The molecule has 0 fully saturated rings. The lowest BCUT2D eigenvalue weighted by molar-refractivity contribution is 0.151. The van der Waals surface area contributed by atoms with Crippen molar-refractivity contribution in [2.45, 2.75) is 39.3 Å². The van der Waals surface area contributed by atoms with Crippen LogP contribution in [0.25, 0.3) is 0 Å². The molecule has 0 saturated heterocycles. The molecule has 0 saturated carbocycles.